The predicted molar refractivity (Wildman–Crippen MR) is 72.3 cm³/mol. The van der Waals surface area contributed by atoms with Crippen molar-refractivity contribution in [1.82, 2.24) is 4.72 Å². The number of carbonyl (C=O) groups excluding carboxylic acids is 1. The maximum absolute atomic E-state index is 12.0. The molecule has 9 heteroatoms. The van der Waals surface area contributed by atoms with E-state index >= 15 is 0 Å². The van der Waals surface area contributed by atoms with E-state index in [2.05, 4.69) is 9.46 Å². The molecule has 0 saturated heterocycles. The lowest BCUT2D eigenvalue weighted by Crippen LogP contribution is -2.28. The number of ether oxygens (including phenoxy) is 1. The zero-order valence-corrected chi connectivity index (χ0v) is 12.6. The number of sulfonamides is 1. The Bertz CT molecular complexity index is 592. The third-order valence-corrected chi connectivity index (χ3v) is 5.11. The molecule has 0 saturated carbocycles. The largest absolute Gasteiger partial charge is 0.481 e. The molecule has 112 valence electrons. The van der Waals surface area contributed by atoms with Gasteiger partial charge < -0.3 is 9.84 Å². The summed E-state index contributed by atoms with van der Waals surface area (Å²) < 4.78 is 30.8. The minimum absolute atomic E-state index is 0.00807. The molecule has 0 radical (unpaired) electrons. The Balaban J connectivity index is 2.77. The summed E-state index contributed by atoms with van der Waals surface area (Å²) in [6.07, 6.45) is 0.159. The zero-order valence-electron chi connectivity index (χ0n) is 11.0. The Hall–Kier alpha value is -1.45. The van der Waals surface area contributed by atoms with Crippen LogP contribution in [0.3, 0.4) is 0 Å². The molecule has 0 aliphatic heterocycles. The fourth-order valence-corrected chi connectivity index (χ4v) is 3.74. The second-order valence-corrected chi connectivity index (χ2v) is 6.68. The highest BCUT2D eigenvalue weighted by atomic mass is 32.2. The first-order valence-corrected chi connectivity index (χ1v) is 8.04. The number of carbonyl (C=O) groups is 2. The highest BCUT2D eigenvalue weighted by Gasteiger charge is 2.24. The molecule has 0 aliphatic rings. The van der Waals surface area contributed by atoms with E-state index in [9.17, 15) is 18.0 Å². The minimum atomic E-state index is -3.86. The molecule has 1 atom stereocenters. The Morgan fingerprint density at radius 1 is 1.50 bits per heavy atom. The van der Waals surface area contributed by atoms with Gasteiger partial charge in [0, 0.05) is 6.54 Å². The van der Waals surface area contributed by atoms with Crippen LogP contribution in [0, 0.1) is 5.92 Å². The van der Waals surface area contributed by atoms with E-state index in [0.717, 1.165) is 11.3 Å². The van der Waals surface area contributed by atoms with Crippen molar-refractivity contribution in [1.29, 1.82) is 0 Å². The Morgan fingerprint density at radius 3 is 2.70 bits per heavy atom. The fourth-order valence-electron chi connectivity index (χ4n) is 1.36. The molecule has 1 heterocycles. The molecular weight excluding hydrogens is 306 g/mol. The molecule has 20 heavy (non-hydrogen) atoms. The number of nitrogens with one attached hydrogen (secondary N) is 1. The van der Waals surface area contributed by atoms with Gasteiger partial charge in [-0.25, -0.2) is 17.9 Å². The predicted octanol–water partition coefficient (Wildman–Crippen LogP) is 0.924. The van der Waals surface area contributed by atoms with E-state index in [1.54, 1.807) is 0 Å². The summed E-state index contributed by atoms with van der Waals surface area (Å²) in [6, 6.07) is 1.31. The second-order valence-electron chi connectivity index (χ2n) is 4.03. The lowest BCUT2D eigenvalue weighted by Gasteiger charge is -2.08. The Labute approximate surface area is 120 Å². The van der Waals surface area contributed by atoms with E-state index in [1.807, 2.05) is 0 Å². The van der Waals surface area contributed by atoms with Gasteiger partial charge >= 0.3 is 11.9 Å². The van der Waals surface area contributed by atoms with Crippen molar-refractivity contribution in [2.75, 3.05) is 13.7 Å². The number of hydrogen-bond acceptors (Lipinski definition) is 6. The van der Waals surface area contributed by atoms with Crippen LogP contribution in [0.4, 0.5) is 0 Å². The van der Waals surface area contributed by atoms with Gasteiger partial charge in [0.15, 0.2) is 0 Å². The maximum Gasteiger partial charge on any atom is 0.349 e. The van der Waals surface area contributed by atoms with Gasteiger partial charge in [0.1, 0.15) is 9.77 Å². The topological polar surface area (TPSA) is 110 Å². The molecule has 0 aliphatic carbocycles. The molecule has 0 fully saturated rings. The highest BCUT2D eigenvalue weighted by molar-refractivity contribution is 7.89. The molecule has 0 aromatic carbocycles. The van der Waals surface area contributed by atoms with Crippen molar-refractivity contribution < 1.29 is 27.9 Å². The average Bonchev–Trinajstić information content (AvgIpc) is 2.87. The molecule has 0 spiro atoms. The van der Waals surface area contributed by atoms with E-state index in [-0.39, 0.29) is 22.7 Å². The van der Waals surface area contributed by atoms with Crippen LogP contribution in [-0.2, 0) is 19.6 Å². The third kappa shape index (κ3) is 4.02. The van der Waals surface area contributed by atoms with Crippen LogP contribution in [0.2, 0.25) is 0 Å². The second kappa shape index (κ2) is 6.82. The van der Waals surface area contributed by atoms with Crippen molar-refractivity contribution in [3.63, 3.8) is 0 Å². The maximum atomic E-state index is 12.0. The van der Waals surface area contributed by atoms with Gasteiger partial charge in [-0.2, -0.15) is 0 Å². The van der Waals surface area contributed by atoms with Crippen molar-refractivity contribution in [2.45, 2.75) is 18.2 Å². The molecule has 1 unspecified atom stereocenters. The van der Waals surface area contributed by atoms with Crippen LogP contribution in [0.1, 0.15) is 23.0 Å². The standard InChI is InChI=1S/C11H15NO6S2/c1-7(10(13)14)3-5-12-20(16,17)8-4-6-19-9(8)11(15)18-2/h4,6-7,12H,3,5H2,1-2H3,(H,13,14). The molecule has 7 nitrogen and oxygen atoms in total. The Morgan fingerprint density at radius 2 is 2.15 bits per heavy atom. The van der Waals surface area contributed by atoms with Crippen LogP contribution in [0.25, 0.3) is 0 Å². The molecule has 1 aromatic rings. The molecular formula is C11H15NO6S2. The zero-order chi connectivity index (χ0) is 15.3. The van der Waals surface area contributed by atoms with Crippen LogP contribution in [-0.4, -0.2) is 39.1 Å². The highest BCUT2D eigenvalue weighted by Crippen LogP contribution is 2.22. The minimum Gasteiger partial charge on any atom is -0.481 e. The van der Waals surface area contributed by atoms with Crippen LogP contribution in [0.5, 0.6) is 0 Å². The number of methoxy groups -OCH3 is 1. The van der Waals surface area contributed by atoms with E-state index in [4.69, 9.17) is 5.11 Å². The number of rotatable bonds is 7. The molecule has 1 rings (SSSR count). The fraction of sp³-hybridized carbons (Fsp3) is 0.455. The number of carboxylic acids is 1. The van der Waals surface area contributed by atoms with E-state index in [0.29, 0.717) is 0 Å². The summed E-state index contributed by atoms with van der Waals surface area (Å²) in [7, 11) is -2.69. The van der Waals surface area contributed by atoms with Crippen molar-refractivity contribution in [2.24, 2.45) is 5.92 Å². The first kappa shape index (κ1) is 16.6. The molecule has 0 amide bonds. The normalized spacial score (nSPS) is 12.9. The third-order valence-electron chi connectivity index (χ3n) is 2.58. The van der Waals surface area contributed by atoms with Gasteiger partial charge in [0.05, 0.1) is 13.0 Å². The van der Waals surface area contributed by atoms with Crippen molar-refractivity contribution in [3.05, 3.63) is 16.3 Å². The van der Waals surface area contributed by atoms with Gasteiger partial charge in [0.25, 0.3) is 0 Å². The van der Waals surface area contributed by atoms with Gasteiger partial charge in [-0.3, -0.25) is 4.79 Å². The van der Waals surface area contributed by atoms with Crippen LogP contribution in [0.15, 0.2) is 16.3 Å². The number of carboxylic acid groups (broad SMARTS) is 1. The van der Waals surface area contributed by atoms with Gasteiger partial charge in [-0.05, 0) is 17.9 Å². The van der Waals surface area contributed by atoms with Gasteiger partial charge in [-0.1, -0.05) is 6.92 Å². The quantitative estimate of drug-likeness (QED) is 0.723. The van der Waals surface area contributed by atoms with Crippen molar-refractivity contribution in [3.8, 4) is 0 Å². The average molecular weight is 321 g/mol. The van der Waals surface area contributed by atoms with E-state index < -0.39 is 27.9 Å². The Kier molecular flexibility index (Phi) is 5.66. The summed E-state index contributed by atoms with van der Waals surface area (Å²) in [6.45, 7) is 1.47. The molecule has 2 N–H and O–H groups in total. The number of thiophene rings is 1. The van der Waals surface area contributed by atoms with Gasteiger partial charge in [0.2, 0.25) is 10.0 Å². The lowest BCUT2D eigenvalue weighted by molar-refractivity contribution is -0.141. The van der Waals surface area contributed by atoms with E-state index in [1.165, 1.54) is 25.5 Å². The summed E-state index contributed by atoms with van der Waals surface area (Å²) in [4.78, 5) is 21.9. The first-order valence-electron chi connectivity index (χ1n) is 5.68. The molecule has 0 bridgehead atoms. The number of aliphatic carboxylic acids is 1. The van der Waals surface area contributed by atoms with Crippen LogP contribution >= 0.6 is 11.3 Å². The smallest absolute Gasteiger partial charge is 0.349 e. The van der Waals surface area contributed by atoms with Crippen LogP contribution < -0.4 is 4.72 Å². The summed E-state index contributed by atoms with van der Waals surface area (Å²) >= 11 is 0.966. The van der Waals surface area contributed by atoms with Crippen molar-refractivity contribution >= 4 is 33.3 Å². The molecule has 1 aromatic heterocycles. The monoisotopic (exact) mass is 321 g/mol. The first-order chi connectivity index (χ1) is 9.29. The SMILES string of the molecule is COC(=O)c1sccc1S(=O)(=O)NCCC(C)C(=O)O. The summed E-state index contributed by atoms with van der Waals surface area (Å²) in [5.41, 5.74) is 0. The lowest BCUT2D eigenvalue weighted by atomic mass is 10.1. The van der Waals surface area contributed by atoms with Gasteiger partial charge in [-0.15, -0.1) is 11.3 Å². The number of esters is 1. The summed E-state index contributed by atoms with van der Waals surface area (Å²) in [5.74, 6) is -2.37. The summed E-state index contributed by atoms with van der Waals surface area (Å²) in [5, 5.41) is 10.2. The number of hydrogen-bond donors (Lipinski definition) is 2.